The molecule has 17 heavy (non-hydrogen) atoms. The van der Waals surface area contributed by atoms with E-state index in [9.17, 15) is 0 Å². The zero-order chi connectivity index (χ0) is 11.2. The van der Waals surface area contributed by atoms with Gasteiger partial charge in [-0.2, -0.15) is 0 Å². The summed E-state index contributed by atoms with van der Waals surface area (Å²) in [6.45, 7) is 3.80. The predicted molar refractivity (Wildman–Crippen MR) is 69.8 cm³/mol. The van der Waals surface area contributed by atoms with Crippen LogP contribution >= 0.6 is 0 Å². The second-order valence-electron chi connectivity index (χ2n) is 6.97. The van der Waals surface area contributed by atoms with Crippen molar-refractivity contribution >= 4 is 0 Å². The molecular formula is C15H26N2. The highest BCUT2D eigenvalue weighted by Gasteiger charge is 2.64. The van der Waals surface area contributed by atoms with Gasteiger partial charge in [0, 0.05) is 6.04 Å². The second kappa shape index (κ2) is 4.24. The van der Waals surface area contributed by atoms with Crippen LogP contribution in [0.2, 0.25) is 0 Å². The second-order valence-corrected chi connectivity index (χ2v) is 6.97. The Morgan fingerprint density at radius 1 is 1.06 bits per heavy atom. The molecule has 0 radical (unpaired) electrons. The molecule has 0 aromatic heterocycles. The average molecular weight is 234 g/mol. The highest BCUT2D eigenvalue weighted by atomic mass is 15.0. The Balaban J connectivity index is 1.20. The minimum Gasteiger partial charge on any atom is -0.316 e. The van der Waals surface area contributed by atoms with Crippen molar-refractivity contribution in [2.75, 3.05) is 19.6 Å². The van der Waals surface area contributed by atoms with Crippen molar-refractivity contribution in [2.24, 2.45) is 29.6 Å². The zero-order valence-corrected chi connectivity index (χ0v) is 10.8. The Bertz CT molecular complexity index is 269. The van der Waals surface area contributed by atoms with E-state index < -0.39 is 0 Å². The summed E-state index contributed by atoms with van der Waals surface area (Å²) >= 11 is 0. The van der Waals surface area contributed by atoms with Crippen LogP contribution in [0.4, 0.5) is 0 Å². The molecule has 2 bridgehead atoms. The van der Waals surface area contributed by atoms with Crippen LogP contribution in [0, 0.1) is 29.6 Å². The molecule has 96 valence electrons. The number of hydrogen-bond acceptors (Lipinski definition) is 2. The van der Waals surface area contributed by atoms with Crippen molar-refractivity contribution < 1.29 is 0 Å². The van der Waals surface area contributed by atoms with Crippen molar-refractivity contribution in [1.29, 1.82) is 0 Å². The molecule has 5 unspecified atom stereocenters. The zero-order valence-electron chi connectivity index (χ0n) is 10.8. The highest BCUT2D eigenvalue weighted by molar-refractivity contribution is 5.16. The van der Waals surface area contributed by atoms with E-state index in [-0.39, 0.29) is 0 Å². The van der Waals surface area contributed by atoms with Gasteiger partial charge >= 0.3 is 0 Å². The summed E-state index contributed by atoms with van der Waals surface area (Å²) in [4.78, 5) is 0. The van der Waals surface area contributed by atoms with E-state index in [4.69, 9.17) is 0 Å². The molecule has 0 spiro atoms. The molecule has 2 N–H and O–H groups in total. The van der Waals surface area contributed by atoms with Gasteiger partial charge in [0.2, 0.25) is 0 Å². The van der Waals surface area contributed by atoms with Crippen LogP contribution < -0.4 is 10.6 Å². The SMILES string of the molecule is C1CNCC(CCNC2C3C4CCC(C4)C23)C1. The van der Waals surface area contributed by atoms with Crippen molar-refractivity contribution in [3.05, 3.63) is 0 Å². The van der Waals surface area contributed by atoms with Crippen molar-refractivity contribution in [3.8, 4) is 0 Å². The Morgan fingerprint density at radius 3 is 2.59 bits per heavy atom. The van der Waals surface area contributed by atoms with Crippen LogP contribution in [0.15, 0.2) is 0 Å². The van der Waals surface area contributed by atoms with E-state index in [1.54, 1.807) is 19.3 Å². The first-order valence-electron chi connectivity index (χ1n) is 7.87. The normalized spacial score (nSPS) is 51.5. The van der Waals surface area contributed by atoms with Gasteiger partial charge in [0.1, 0.15) is 0 Å². The molecule has 1 aliphatic heterocycles. The lowest BCUT2D eigenvalue weighted by Gasteiger charge is -2.23. The molecule has 3 aliphatic carbocycles. The molecule has 1 saturated heterocycles. The first-order chi connectivity index (χ1) is 8.43. The number of piperidine rings is 1. The lowest BCUT2D eigenvalue weighted by Crippen LogP contribution is -2.33. The van der Waals surface area contributed by atoms with Crippen LogP contribution in [0.1, 0.15) is 38.5 Å². The van der Waals surface area contributed by atoms with Gasteiger partial charge in [0.05, 0.1) is 0 Å². The molecule has 5 atom stereocenters. The van der Waals surface area contributed by atoms with E-state index in [0.29, 0.717) is 0 Å². The van der Waals surface area contributed by atoms with Gasteiger partial charge in [-0.25, -0.2) is 0 Å². The van der Waals surface area contributed by atoms with E-state index >= 15 is 0 Å². The summed E-state index contributed by atoms with van der Waals surface area (Å²) in [6.07, 6.45) is 8.94. The maximum absolute atomic E-state index is 3.88. The van der Waals surface area contributed by atoms with E-state index in [1.165, 1.54) is 38.9 Å². The molecule has 0 aromatic rings. The van der Waals surface area contributed by atoms with E-state index in [0.717, 1.165) is 35.6 Å². The highest BCUT2D eigenvalue weighted by Crippen LogP contribution is 2.65. The molecule has 1 heterocycles. The lowest BCUT2D eigenvalue weighted by atomic mass is 9.96. The van der Waals surface area contributed by atoms with Crippen LogP contribution in [-0.2, 0) is 0 Å². The third kappa shape index (κ3) is 1.84. The van der Waals surface area contributed by atoms with Crippen LogP contribution in [0.5, 0.6) is 0 Å². The summed E-state index contributed by atoms with van der Waals surface area (Å²) in [7, 11) is 0. The van der Waals surface area contributed by atoms with Gasteiger partial charge in [-0.3, -0.25) is 0 Å². The monoisotopic (exact) mass is 234 g/mol. The molecule has 2 nitrogen and oxygen atoms in total. The molecule has 2 heteroatoms. The van der Waals surface area contributed by atoms with Crippen molar-refractivity contribution in [1.82, 2.24) is 10.6 Å². The van der Waals surface area contributed by atoms with Crippen molar-refractivity contribution in [2.45, 2.75) is 44.6 Å². The number of rotatable bonds is 4. The quantitative estimate of drug-likeness (QED) is 0.777. The van der Waals surface area contributed by atoms with Gasteiger partial charge in [-0.15, -0.1) is 0 Å². The molecule has 4 aliphatic rings. The maximum Gasteiger partial charge on any atom is 0.0135 e. The first kappa shape index (κ1) is 10.8. The number of nitrogens with one attached hydrogen (secondary N) is 2. The fourth-order valence-corrected chi connectivity index (χ4v) is 5.22. The van der Waals surface area contributed by atoms with Gasteiger partial charge in [-0.05, 0) is 87.7 Å². The van der Waals surface area contributed by atoms with Crippen LogP contribution in [-0.4, -0.2) is 25.7 Å². The fourth-order valence-electron chi connectivity index (χ4n) is 5.22. The Labute approximate surface area is 105 Å². The smallest absolute Gasteiger partial charge is 0.0135 e. The first-order valence-corrected chi connectivity index (χ1v) is 7.87. The van der Waals surface area contributed by atoms with Gasteiger partial charge in [-0.1, -0.05) is 0 Å². The Hall–Kier alpha value is -0.0800. The number of fused-ring (bicyclic) bond motifs is 5. The molecule has 0 aromatic carbocycles. The minimum atomic E-state index is 0.942. The summed E-state index contributed by atoms with van der Waals surface area (Å²) in [5.74, 6) is 5.42. The summed E-state index contributed by atoms with van der Waals surface area (Å²) in [5, 5.41) is 7.40. The average Bonchev–Trinajstić information content (AvgIpc) is 2.78. The van der Waals surface area contributed by atoms with Gasteiger partial charge < -0.3 is 10.6 Å². The predicted octanol–water partition coefficient (Wildman–Crippen LogP) is 2.01. The lowest BCUT2D eigenvalue weighted by molar-refractivity contribution is 0.345. The minimum absolute atomic E-state index is 0.942. The molecule has 4 fully saturated rings. The standard InChI is InChI=1S/C15H26N2/c1-2-10(9-16-6-1)5-7-17-15-13-11-3-4-12(8-11)14(13)15/h10-17H,1-9H2. The summed E-state index contributed by atoms with van der Waals surface area (Å²) in [5.41, 5.74) is 0. The molecule has 0 amide bonds. The van der Waals surface area contributed by atoms with E-state index in [2.05, 4.69) is 10.6 Å². The fraction of sp³-hybridized carbons (Fsp3) is 1.00. The third-order valence-corrected chi connectivity index (χ3v) is 6.07. The van der Waals surface area contributed by atoms with Crippen LogP contribution in [0.3, 0.4) is 0 Å². The van der Waals surface area contributed by atoms with Gasteiger partial charge in [0.15, 0.2) is 0 Å². The van der Waals surface area contributed by atoms with Crippen molar-refractivity contribution in [3.63, 3.8) is 0 Å². The largest absolute Gasteiger partial charge is 0.316 e. The Morgan fingerprint density at radius 2 is 1.88 bits per heavy atom. The topological polar surface area (TPSA) is 24.1 Å². The van der Waals surface area contributed by atoms with E-state index in [1.807, 2.05) is 0 Å². The third-order valence-electron chi connectivity index (χ3n) is 6.07. The van der Waals surface area contributed by atoms with Gasteiger partial charge in [0.25, 0.3) is 0 Å². The number of hydrogen-bond donors (Lipinski definition) is 2. The molecular weight excluding hydrogens is 208 g/mol. The Kier molecular flexibility index (Phi) is 2.69. The molecule has 4 rings (SSSR count). The molecule has 3 saturated carbocycles. The summed E-state index contributed by atoms with van der Waals surface area (Å²) in [6, 6.07) is 0.942. The maximum atomic E-state index is 3.88. The van der Waals surface area contributed by atoms with Crippen LogP contribution in [0.25, 0.3) is 0 Å². The summed E-state index contributed by atoms with van der Waals surface area (Å²) < 4.78 is 0.